The highest BCUT2D eigenvalue weighted by atomic mass is 16.1. The Morgan fingerprint density at radius 2 is 2.18 bits per heavy atom. The fraction of sp³-hybridized carbons (Fsp3) is 0.769. The maximum Gasteiger partial charge on any atom is 0.140 e. The molecule has 1 fully saturated rings. The van der Waals surface area contributed by atoms with Gasteiger partial charge in [0.2, 0.25) is 0 Å². The number of hydrogen-bond donors (Lipinski definition) is 0. The Kier molecular flexibility index (Phi) is 4.29. The monoisotopic (exact) mass is 235 g/mol. The average molecular weight is 235 g/mol. The SMILES string of the molecule is CCn1ncnc1CC(=O)CC1CCCCC1. The molecule has 1 aliphatic rings. The van der Waals surface area contributed by atoms with E-state index in [2.05, 4.69) is 10.1 Å². The Morgan fingerprint density at radius 3 is 2.88 bits per heavy atom. The van der Waals surface area contributed by atoms with Gasteiger partial charge < -0.3 is 0 Å². The highest BCUT2D eigenvalue weighted by Gasteiger charge is 2.18. The molecule has 0 bridgehead atoms. The largest absolute Gasteiger partial charge is 0.299 e. The molecule has 4 nitrogen and oxygen atoms in total. The Hall–Kier alpha value is -1.19. The van der Waals surface area contributed by atoms with Crippen molar-refractivity contribution in [1.29, 1.82) is 0 Å². The summed E-state index contributed by atoms with van der Waals surface area (Å²) in [6.07, 6.45) is 9.10. The molecule has 0 aromatic carbocycles. The van der Waals surface area contributed by atoms with Crippen LogP contribution in [0.3, 0.4) is 0 Å². The van der Waals surface area contributed by atoms with Crippen LogP contribution in [0.2, 0.25) is 0 Å². The number of aryl methyl sites for hydroxylation is 1. The van der Waals surface area contributed by atoms with Gasteiger partial charge in [0.15, 0.2) is 0 Å². The van der Waals surface area contributed by atoms with Crippen molar-refractivity contribution in [3.63, 3.8) is 0 Å². The lowest BCUT2D eigenvalue weighted by Crippen LogP contribution is -2.16. The van der Waals surface area contributed by atoms with Gasteiger partial charge in [0.05, 0.1) is 6.42 Å². The van der Waals surface area contributed by atoms with E-state index < -0.39 is 0 Å². The molecule has 1 aromatic heterocycles. The molecule has 0 saturated heterocycles. The molecular formula is C13H21N3O. The molecule has 0 amide bonds. The summed E-state index contributed by atoms with van der Waals surface area (Å²) in [6.45, 7) is 2.80. The molecule has 94 valence electrons. The van der Waals surface area contributed by atoms with Gasteiger partial charge in [-0.1, -0.05) is 32.1 Å². The zero-order chi connectivity index (χ0) is 12.1. The first-order valence-electron chi connectivity index (χ1n) is 6.68. The van der Waals surface area contributed by atoms with Crippen LogP contribution in [0.15, 0.2) is 6.33 Å². The summed E-state index contributed by atoms with van der Waals surface area (Å²) < 4.78 is 1.80. The number of carbonyl (C=O) groups excluding carboxylic acids is 1. The number of carbonyl (C=O) groups is 1. The third kappa shape index (κ3) is 3.38. The molecule has 0 radical (unpaired) electrons. The maximum absolute atomic E-state index is 12.0. The van der Waals surface area contributed by atoms with E-state index in [-0.39, 0.29) is 0 Å². The van der Waals surface area contributed by atoms with Crippen LogP contribution in [0, 0.1) is 5.92 Å². The molecule has 0 spiro atoms. The number of aromatic nitrogens is 3. The number of nitrogens with zero attached hydrogens (tertiary/aromatic N) is 3. The maximum atomic E-state index is 12.0. The fourth-order valence-corrected chi connectivity index (χ4v) is 2.65. The lowest BCUT2D eigenvalue weighted by Gasteiger charge is -2.20. The molecule has 1 aromatic rings. The van der Waals surface area contributed by atoms with Crippen molar-refractivity contribution in [2.24, 2.45) is 5.92 Å². The van der Waals surface area contributed by atoms with Gasteiger partial charge in [-0.05, 0) is 12.8 Å². The lowest BCUT2D eigenvalue weighted by molar-refractivity contribution is -0.119. The summed E-state index contributed by atoms with van der Waals surface area (Å²) in [4.78, 5) is 16.1. The predicted molar refractivity (Wildman–Crippen MR) is 65.6 cm³/mol. The molecule has 1 aliphatic carbocycles. The first kappa shape index (κ1) is 12.3. The van der Waals surface area contributed by atoms with Crippen molar-refractivity contribution < 1.29 is 4.79 Å². The van der Waals surface area contributed by atoms with Crippen LogP contribution in [0.5, 0.6) is 0 Å². The number of rotatable bonds is 5. The zero-order valence-electron chi connectivity index (χ0n) is 10.6. The molecule has 0 atom stereocenters. The van der Waals surface area contributed by atoms with Gasteiger partial charge in [-0.2, -0.15) is 5.10 Å². The Labute approximate surface area is 102 Å². The molecule has 0 N–H and O–H groups in total. The van der Waals surface area contributed by atoms with E-state index in [1.165, 1.54) is 38.4 Å². The highest BCUT2D eigenvalue weighted by Crippen LogP contribution is 2.26. The second-order valence-corrected chi connectivity index (χ2v) is 4.92. The second kappa shape index (κ2) is 5.94. The van der Waals surface area contributed by atoms with E-state index in [0.29, 0.717) is 18.1 Å². The molecule has 2 rings (SSSR count). The highest BCUT2D eigenvalue weighted by molar-refractivity contribution is 5.80. The summed E-state index contributed by atoms with van der Waals surface area (Å²) in [7, 11) is 0. The lowest BCUT2D eigenvalue weighted by atomic mass is 9.85. The fourth-order valence-electron chi connectivity index (χ4n) is 2.65. The van der Waals surface area contributed by atoms with E-state index in [1.807, 2.05) is 6.92 Å². The van der Waals surface area contributed by atoms with Crippen LogP contribution in [0.4, 0.5) is 0 Å². The minimum atomic E-state index is 0.319. The summed E-state index contributed by atoms with van der Waals surface area (Å²) in [6, 6.07) is 0. The van der Waals surface area contributed by atoms with E-state index in [1.54, 1.807) is 4.68 Å². The van der Waals surface area contributed by atoms with Crippen LogP contribution < -0.4 is 0 Å². The third-order valence-corrected chi connectivity index (χ3v) is 3.59. The van der Waals surface area contributed by atoms with Crippen LogP contribution in [-0.2, 0) is 17.8 Å². The van der Waals surface area contributed by atoms with Gasteiger partial charge >= 0.3 is 0 Å². The van der Waals surface area contributed by atoms with Gasteiger partial charge in [0.1, 0.15) is 17.9 Å². The number of hydrogen-bond acceptors (Lipinski definition) is 3. The van der Waals surface area contributed by atoms with E-state index in [0.717, 1.165) is 18.8 Å². The quantitative estimate of drug-likeness (QED) is 0.787. The molecular weight excluding hydrogens is 214 g/mol. The van der Waals surface area contributed by atoms with Crippen LogP contribution in [-0.4, -0.2) is 20.5 Å². The normalized spacial score (nSPS) is 17.2. The van der Waals surface area contributed by atoms with Gasteiger partial charge in [-0.3, -0.25) is 4.79 Å². The van der Waals surface area contributed by atoms with Crippen molar-refractivity contribution in [1.82, 2.24) is 14.8 Å². The standard InChI is InChI=1S/C13H21N3O/c1-2-16-13(14-10-15-16)9-12(17)8-11-6-4-3-5-7-11/h10-11H,2-9H2,1H3. The molecule has 0 aliphatic heterocycles. The topological polar surface area (TPSA) is 47.8 Å². The van der Waals surface area contributed by atoms with Crippen molar-refractivity contribution in [2.45, 2.75) is 58.4 Å². The third-order valence-electron chi connectivity index (χ3n) is 3.59. The molecule has 4 heteroatoms. The second-order valence-electron chi connectivity index (χ2n) is 4.92. The first-order valence-corrected chi connectivity index (χ1v) is 6.68. The zero-order valence-corrected chi connectivity index (χ0v) is 10.6. The van der Waals surface area contributed by atoms with Gasteiger partial charge in [-0.15, -0.1) is 0 Å². The van der Waals surface area contributed by atoms with Crippen molar-refractivity contribution in [3.8, 4) is 0 Å². The summed E-state index contributed by atoms with van der Waals surface area (Å²) in [5, 5.41) is 4.09. The number of ketones is 1. The van der Waals surface area contributed by atoms with Gasteiger partial charge in [0.25, 0.3) is 0 Å². The number of Topliss-reactive ketones (excluding diaryl/α,β-unsaturated/α-hetero) is 1. The van der Waals surface area contributed by atoms with Crippen LogP contribution >= 0.6 is 0 Å². The smallest absolute Gasteiger partial charge is 0.140 e. The minimum absolute atomic E-state index is 0.319. The van der Waals surface area contributed by atoms with Crippen molar-refractivity contribution in [2.75, 3.05) is 0 Å². The molecule has 17 heavy (non-hydrogen) atoms. The predicted octanol–water partition coefficient (Wildman–Crippen LogP) is 2.38. The summed E-state index contributed by atoms with van der Waals surface area (Å²) in [5.74, 6) is 1.75. The van der Waals surface area contributed by atoms with Crippen molar-refractivity contribution in [3.05, 3.63) is 12.2 Å². The Morgan fingerprint density at radius 1 is 1.41 bits per heavy atom. The average Bonchev–Trinajstić information content (AvgIpc) is 2.77. The minimum Gasteiger partial charge on any atom is -0.299 e. The van der Waals surface area contributed by atoms with Crippen molar-refractivity contribution >= 4 is 5.78 Å². The molecule has 0 unspecified atom stereocenters. The van der Waals surface area contributed by atoms with Crippen LogP contribution in [0.25, 0.3) is 0 Å². The van der Waals surface area contributed by atoms with Gasteiger partial charge in [0, 0.05) is 13.0 Å². The molecule has 1 saturated carbocycles. The van der Waals surface area contributed by atoms with Crippen LogP contribution in [0.1, 0.15) is 51.3 Å². The van der Waals surface area contributed by atoms with E-state index in [4.69, 9.17) is 0 Å². The van der Waals surface area contributed by atoms with Gasteiger partial charge in [-0.25, -0.2) is 9.67 Å². The molecule has 1 heterocycles. The summed E-state index contributed by atoms with van der Waals surface area (Å²) in [5.41, 5.74) is 0. The van der Waals surface area contributed by atoms with E-state index >= 15 is 0 Å². The van der Waals surface area contributed by atoms with E-state index in [9.17, 15) is 4.79 Å². The summed E-state index contributed by atoms with van der Waals surface area (Å²) >= 11 is 0. The Bertz CT molecular complexity index is 366. The first-order chi connectivity index (χ1) is 8.29. The Balaban J connectivity index is 1.84.